The van der Waals surface area contributed by atoms with E-state index in [9.17, 15) is 9.00 Å². The predicted octanol–water partition coefficient (Wildman–Crippen LogP) is 3.05. The summed E-state index contributed by atoms with van der Waals surface area (Å²) in [6, 6.07) is 15.4. The van der Waals surface area contributed by atoms with Crippen LogP contribution in [0.1, 0.15) is 29.7 Å². The Morgan fingerprint density at radius 2 is 1.79 bits per heavy atom. The third-order valence-corrected chi connectivity index (χ3v) is 7.38. The molecule has 0 saturated heterocycles. The Morgan fingerprint density at radius 1 is 1.06 bits per heavy atom. The number of hydrogen-bond acceptors (Lipinski definition) is 5. The van der Waals surface area contributed by atoms with Gasteiger partial charge in [-0.2, -0.15) is 0 Å². The van der Waals surface area contributed by atoms with Gasteiger partial charge in [0.25, 0.3) is 0 Å². The molecule has 33 heavy (non-hydrogen) atoms. The number of fused-ring (bicyclic) bond motifs is 1. The van der Waals surface area contributed by atoms with E-state index in [1.54, 1.807) is 13.2 Å². The van der Waals surface area contributed by atoms with Crippen LogP contribution in [-0.4, -0.2) is 34.3 Å². The van der Waals surface area contributed by atoms with Crippen LogP contribution in [0.15, 0.2) is 59.6 Å². The van der Waals surface area contributed by atoms with Gasteiger partial charge in [0.15, 0.2) is 11.5 Å². The number of aromatic nitrogens is 1. The zero-order valence-electron chi connectivity index (χ0n) is 18.5. The van der Waals surface area contributed by atoms with Crippen molar-refractivity contribution < 1.29 is 24.0 Å². The molecule has 1 saturated carbocycles. The molecule has 8 heteroatoms. The van der Waals surface area contributed by atoms with Crippen LogP contribution >= 0.6 is 0 Å². The average molecular weight is 467 g/mol. The zero-order chi connectivity index (χ0) is 22.3. The molecule has 1 unspecified atom stereocenters. The summed E-state index contributed by atoms with van der Waals surface area (Å²) in [5.74, 6) is 1.64. The fourth-order valence-electron chi connectivity index (χ4n) is 4.20. The van der Waals surface area contributed by atoms with E-state index in [0.29, 0.717) is 12.2 Å². The molecule has 0 bridgehead atoms. The molecule has 2 aromatic carbocycles. The smallest absolute Gasteiger partial charge is 0.231 e. The van der Waals surface area contributed by atoms with E-state index in [1.807, 2.05) is 49.4 Å². The Kier molecular flexibility index (Phi) is 6.34. The number of benzene rings is 2. The lowest BCUT2D eigenvalue weighted by atomic mass is 9.88. The predicted molar refractivity (Wildman–Crippen MR) is 126 cm³/mol. The minimum Gasteiger partial charge on any atom is -0.454 e. The lowest BCUT2D eigenvalue weighted by Crippen LogP contribution is -2.23. The van der Waals surface area contributed by atoms with E-state index in [1.165, 1.54) is 0 Å². The van der Waals surface area contributed by atoms with Crippen LogP contribution < -0.4 is 14.2 Å². The van der Waals surface area contributed by atoms with Crippen LogP contribution in [0.5, 0.6) is 11.5 Å². The molecule has 2 aliphatic rings. The molecule has 172 valence electrons. The molecule has 0 spiro atoms. The van der Waals surface area contributed by atoms with Crippen LogP contribution in [0.2, 0.25) is 0 Å². The van der Waals surface area contributed by atoms with Gasteiger partial charge in [-0.05, 0) is 73.8 Å². The molecule has 7 nitrogen and oxygen atoms in total. The second-order valence-corrected chi connectivity index (χ2v) is 9.65. The average Bonchev–Trinajstić information content (AvgIpc) is 3.50. The Bertz CT molecular complexity index is 1220. The summed E-state index contributed by atoms with van der Waals surface area (Å²) in [6.45, 7) is 2.22. The summed E-state index contributed by atoms with van der Waals surface area (Å²) < 4.78 is 25.5. The van der Waals surface area contributed by atoms with Crippen molar-refractivity contribution in [2.75, 3.05) is 13.8 Å². The molecule has 1 atom stereocenters. The molecule has 1 aliphatic carbocycles. The van der Waals surface area contributed by atoms with Gasteiger partial charge in [0.05, 0.1) is 16.0 Å². The van der Waals surface area contributed by atoms with Gasteiger partial charge in [0, 0.05) is 18.2 Å². The second-order valence-electron chi connectivity index (χ2n) is 8.23. The molecule has 0 amide bonds. The van der Waals surface area contributed by atoms with Gasteiger partial charge in [-0.1, -0.05) is 18.2 Å². The molecule has 2 heterocycles. The maximum atomic E-state index is 13.3. The third kappa shape index (κ3) is 4.29. The summed E-state index contributed by atoms with van der Waals surface area (Å²) in [5.41, 5.74) is 4.32. The fourth-order valence-corrected chi connectivity index (χ4v) is 4.82. The van der Waals surface area contributed by atoms with Gasteiger partial charge in [-0.15, -0.1) is 0 Å². The number of carbonyl (C=O) groups is 1. The van der Waals surface area contributed by atoms with Crippen molar-refractivity contribution >= 4 is 16.8 Å². The number of aryl methyl sites for hydroxylation is 1. The number of rotatable bonds is 7. The first-order chi connectivity index (χ1) is 15.5. The minimum absolute atomic E-state index is 0. The quantitative estimate of drug-likeness (QED) is 0.576. The standard InChI is InChI=1S/C25H24N2O4S.H2O/c1-16-11-18(17-3-6-20(7-4-17)32(29)26-2)14-27-21(16)13-24(28)25(9-10-25)19-5-8-22-23(12-19)31-15-30-22;/h3-8,11-12,14,26H,9-10,13,15H2,1-2H3;1H2. The first kappa shape index (κ1) is 23.1. The van der Waals surface area contributed by atoms with Crippen molar-refractivity contribution in [1.29, 1.82) is 0 Å². The Morgan fingerprint density at radius 3 is 2.45 bits per heavy atom. The number of pyridine rings is 1. The van der Waals surface area contributed by atoms with Crippen molar-refractivity contribution in [1.82, 2.24) is 9.71 Å². The molecule has 3 aromatic rings. The van der Waals surface area contributed by atoms with E-state index in [2.05, 4.69) is 15.8 Å². The maximum Gasteiger partial charge on any atom is 0.231 e. The molecule has 1 aromatic heterocycles. The van der Waals surface area contributed by atoms with Crippen LogP contribution in [0.4, 0.5) is 0 Å². The normalized spacial score (nSPS) is 16.1. The number of nitrogens with one attached hydrogen (secondary N) is 1. The molecular weight excluding hydrogens is 440 g/mol. The monoisotopic (exact) mass is 466 g/mol. The molecule has 3 N–H and O–H groups in total. The number of hydrogen-bond donors (Lipinski definition) is 1. The van der Waals surface area contributed by atoms with Crippen molar-refractivity contribution in [2.24, 2.45) is 0 Å². The first-order valence-corrected chi connectivity index (χ1v) is 11.7. The second kappa shape index (κ2) is 9.05. The number of ether oxygens (including phenoxy) is 2. The Balaban J connectivity index is 0.00000259. The summed E-state index contributed by atoms with van der Waals surface area (Å²) in [7, 11) is 0.456. The zero-order valence-corrected chi connectivity index (χ0v) is 19.3. The SMILES string of the molecule is CNS(=O)c1ccc(-c2cnc(CC(=O)C3(c4ccc5c(c4)OCO5)CC3)c(C)c2)cc1.O. The van der Waals surface area contributed by atoms with Gasteiger partial charge in [0.2, 0.25) is 6.79 Å². The van der Waals surface area contributed by atoms with Gasteiger partial charge in [0.1, 0.15) is 16.8 Å². The summed E-state index contributed by atoms with van der Waals surface area (Å²) in [6.07, 6.45) is 3.81. The van der Waals surface area contributed by atoms with Crippen LogP contribution in [0, 0.1) is 6.92 Å². The highest BCUT2D eigenvalue weighted by Crippen LogP contribution is 2.51. The summed E-state index contributed by atoms with van der Waals surface area (Å²) >= 11 is 0. The molecule has 1 fully saturated rings. The summed E-state index contributed by atoms with van der Waals surface area (Å²) in [5, 5.41) is 0. The van der Waals surface area contributed by atoms with Crippen molar-refractivity contribution in [3.63, 3.8) is 0 Å². The van der Waals surface area contributed by atoms with Crippen molar-refractivity contribution in [3.05, 3.63) is 71.5 Å². The van der Waals surface area contributed by atoms with Crippen LogP contribution in [0.3, 0.4) is 0 Å². The third-order valence-electron chi connectivity index (χ3n) is 6.31. The molecular formula is C25H26N2O5S. The van der Waals surface area contributed by atoms with Gasteiger partial charge in [-0.25, -0.2) is 8.93 Å². The number of Topliss-reactive ketones (excluding diaryl/α,β-unsaturated/α-hetero) is 1. The Labute approximate surface area is 195 Å². The van der Waals surface area contributed by atoms with E-state index in [-0.39, 0.29) is 18.1 Å². The van der Waals surface area contributed by atoms with Crippen molar-refractivity contribution in [2.45, 2.75) is 36.5 Å². The minimum atomic E-state index is -1.21. The number of carbonyl (C=O) groups excluding carboxylic acids is 1. The first-order valence-electron chi connectivity index (χ1n) is 10.6. The Hall–Kier alpha value is -3.07. The van der Waals surface area contributed by atoms with Gasteiger partial charge >= 0.3 is 0 Å². The van der Waals surface area contributed by atoms with E-state index in [4.69, 9.17) is 9.47 Å². The van der Waals surface area contributed by atoms with Crippen molar-refractivity contribution in [3.8, 4) is 22.6 Å². The molecule has 5 rings (SSSR count). The molecule has 1 aliphatic heterocycles. The largest absolute Gasteiger partial charge is 0.454 e. The fraction of sp³-hybridized carbons (Fsp3) is 0.280. The molecule has 0 radical (unpaired) electrons. The van der Waals surface area contributed by atoms with Crippen LogP contribution in [0.25, 0.3) is 11.1 Å². The maximum absolute atomic E-state index is 13.3. The topological polar surface area (TPSA) is 109 Å². The highest BCUT2D eigenvalue weighted by atomic mass is 32.2. The lowest BCUT2D eigenvalue weighted by Gasteiger charge is -2.16. The van der Waals surface area contributed by atoms with E-state index >= 15 is 0 Å². The highest BCUT2D eigenvalue weighted by Gasteiger charge is 2.51. The lowest BCUT2D eigenvalue weighted by molar-refractivity contribution is -0.120. The van der Waals surface area contributed by atoms with E-state index < -0.39 is 16.4 Å². The highest BCUT2D eigenvalue weighted by molar-refractivity contribution is 7.83. The van der Waals surface area contributed by atoms with Gasteiger partial charge < -0.3 is 14.9 Å². The van der Waals surface area contributed by atoms with Gasteiger partial charge in [-0.3, -0.25) is 9.78 Å². The number of nitrogens with zero attached hydrogens (tertiary/aromatic N) is 1. The number of ketones is 1. The van der Waals surface area contributed by atoms with Crippen LogP contribution in [-0.2, 0) is 27.6 Å². The van der Waals surface area contributed by atoms with E-state index in [0.717, 1.165) is 51.4 Å². The summed E-state index contributed by atoms with van der Waals surface area (Å²) in [4.78, 5) is 18.6.